The Bertz CT molecular complexity index is 557. The van der Waals surface area contributed by atoms with Gasteiger partial charge in [-0.2, -0.15) is 5.10 Å². The van der Waals surface area contributed by atoms with Gasteiger partial charge >= 0.3 is 0 Å². The van der Waals surface area contributed by atoms with Gasteiger partial charge in [0, 0.05) is 34.0 Å². The quantitative estimate of drug-likeness (QED) is 0.930. The van der Waals surface area contributed by atoms with Crippen LogP contribution in [0, 0.1) is 0 Å². The van der Waals surface area contributed by atoms with Crippen LogP contribution in [0.4, 0.5) is 5.69 Å². The zero-order valence-electron chi connectivity index (χ0n) is 11.2. The molecule has 6 heteroatoms. The van der Waals surface area contributed by atoms with Gasteiger partial charge in [0.1, 0.15) is 12.7 Å². The van der Waals surface area contributed by atoms with Crippen molar-refractivity contribution in [3.63, 3.8) is 0 Å². The van der Waals surface area contributed by atoms with E-state index in [1.807, 2.05) is 0 Å². The molecule has 0 spiro atoms. The van der Waals surface area contributed by atoms with Crippen molar-refractivity contribution in [1.82, 2.24) is 14.8 Å². The molecule has 1 aromatic heterocycles. The molecule has 20 heavy (non-hydrogen) atoms. The van der Waals surface area contributed by atoms with E-state index in [-0.39, 0.29) is 0 Å². The Balaban J connectivity index is 1.57. The highest BCUT2D eigenvalue weighted by molar-refractivity contribution is 7.85. The molecule has 0 bridgehead atoms. The molecule has 1 aliphatic heterocycles. The standard InChI is InChI=1S/C14H18N4OS/c19-20-7-5-14(6-8-20)17-13-3-1-12(2-4-13)9-18-11-15-10-16-18/h1-4,10-11,14,17H,5-9H2. The molecule has 0 amide bonds. The average molecular weight is 290 g/mol. The second kappa shape index (κ2) is 6.17. The first kappa shape index (κ1) is 13.3. The van der Waals surface area contributed by atoms with Gasteiger partial charge in [-0.15, -0.1) is 0 Å². The maximum absolute atomic E-state index is 11.3. The summed E-state index contributed by atoms with van der Waals surface area (Å²) in [6, 6.07) is 8.85. The van der Waals surface area contributed by atoms with E-state index in [0.717, 1.165) is 36.6 Å². The van der Waals surface area contributed by atoms with Crippen molar-refractivity contribution in [3.8, 4) is 0 Å². The van der Waals surface area contributed by atoms with Gasteiger partial charge in [0.25, 0.3) is 0 Å². The molecule has 1 N–H and O–H groups in total. The Hall–Kier alpha value is -1.69. The van der Waals surface area contributed by atoms with E-state index in [1.165, 1.54) is 5.56 Å². The molecule has 5 nitrogen and oxygen atoms in total. The van der Waals surface area contributed by atoms with Gasteiger partial charge in [0.05, 0.1) is 6.54 Å². The number of aromatic nitrogens is 3. The third-order valence-electron chi connectivity index (χ3n) is 3.52. The van der Waals surface area contributed by atoms with E-state index in [4.69, 9.17) is 0 Å². The van der Waals surface area contributed by atoms with Crippen LogP contribution in [0.25, 0.3) is 0 Å². The third-order valence-corrected chi connectivity index (χ3v) is 4.91. The molecule has 106 valence electrons. The van der Waals surface area contributed by atoms with Gasteiger partial charge in [-0.05, 0) is 30.5 Å². The normalized spacial score (nSPS) is 22.6. The van der Waals surface area contributed by atoms with Crippen molar-refractivity contribution in [2.75, 3.05) is 16.8 Å². The lowest BCUT2D eigenvalue weighted by Crippen LogP contribution is -2.29. The number of nitrogens with zero attached hydrogens (tertiary/aromatic N) is 3. The van der Waals surface area contributed by atoms with Crippen LogP contribution < -0.4 is 5.32 Å². The monoisotopic (exact) mass is 290 g/mol. The SMILES string of the molecule is O=S1CCC(Nc2ccc(Cn3cncn3)cc2)CC1. The second-order valence-electron chi connectivity index (χ2n) is 5.06. The number of hydrogen-bond acceptors (Lipinski definition) is 4. The fourth-order valence-corrected chi connectivity index (χ4v) is 3.68. The van der Waals surface area contributed by atoms with Gasteiger partial charge < -0.3 is 5.32 Å². The molecular weight excluding hydrogens is 272 g/mol. The third kappa shape index (κ3) is 3.45. The summed E-state index contributed by atoms with van der Waals surface area (Å²) < 4.78 is 13.1. The molecule has 0 unspecified atom stereocenters. The minimum atomic E-state index is -0.597. The summed E-state index contributed by atoms with van der Waals surface area (Å²) >= 11 is 0. The summed E-state index contributed by atoms with van der Waals surface area (Å²) in [6.07, 6.45) is 5.25. The molecule has 2 heterocycles. The summed E-state index contributed by atoms with van der Waals surface area (Å²) in [5.41, 5.74) is 2.33. The van der Waals surface area contributed by atoms with Crippen LogP contribution in [0.1, 0.15) is 18.4 Å². The van der Waals surface area contributed by atoms with E-state index >= 15 is 0 Å². The molecule has 1 aromatic carbocycles. The zero-order valence-corrected chi connectivity index (χ0v) is 12.1. The van der Waals surface area contributed by atoms with Gasteiger partial charge in [-0.25, -0.2) is 9.67 Å². The molecule has 3 rings (SSSR count). The Morgan fingerprint density at radius 1 is 1.25 bits per heavy atom. The number of benzene rings is 1. The largest absolute Gasteiger partial charge is 0.382 e. The molecule has 0 radical (unpaired) electrons. The van der Waals surface area contributed by atoms with Gasteiger partial charge in [-0.1, -0.05) is 12.1 Å². The van der Waals surface area contributed by atoms with E-state index in [2.05, 4.69) is 39.7 Å². The first-order valence-corrected chi connectivity index (χ1v) is 8.31. The van der Waals surface area contributed by atoms with Crippen molar-refractivity contribution < 1.29 is 4.21 Å². The number of rotatable bonds is 4. The average Bonchev–Trinajstić information content (AvgIpc) is 2.96. The Morgan fingerprint density at radius 3 is 2.65 bits per heavy atom. The first-order chi connectivity index (χ1) is 9.79. The van der Waals surface area contributed by atoms with Crippen molar-refractivity contribution in [2.45, 2.75) is 25.4 Å². The first-order valence-electron chi connectivity index (χ1n) is 6.82. The van der Waals surface area contributed by atoms with Crippen LogP contribution in [0.3, 0.4) is 0 Å². The summed E-state index contributed by atoms with van der Waals surface area (Å²) in [5.74, 6) is 1.64. The molecule has 1 saturated heterocycles. The second-order valence-corrected chi connectivity index (χ2v) is 6.75. The lowest BCUT2D eigenvalue weighted by molar-refractivity contribution is 0.624. The van der Waals surface area contributed by atoms with E-state index in [1.54, 1.807) is 17.3 Å². The van der Waals surface area contributed by atoms with E-state index < -0.39 is 10.8 Å². The van der Waals surface area contributed by atoms with Crippen molar-refractivity contribution in [3.05, 3.63) is 42.5 Å². The molecule has 0 aliphatic carbocycles. The fourth-order valence-electron chi connectivity index (χ4n) is 2.38. The lowest BCUT2D eigenvalue weighted by atomic mass is 10.1. The number of hydrogen-bond donors (Lipinski definition) is 1. The van der Waals surface area contributed by atoms with Crippen LogP contribution in [-0.2, 0) is 17.3 Å². The highest BCUT2D eigenvalue weighted by atomic mass is 32.2. The zero-order chi connectivity index (χ0) is 13.8. The molecular formula is C14H18N4OS. The van der Waals surface area contributed by atoms with Gasteiger partial charge in [0.2, 0.25) is 0 Å². The van der Waals surface area contributed by atoms with E-state index in [9.17, 15) is 4.21 Å². The predicted octanol–water partition coefficient (Wildman–Crippen LogP) is 1.65. The Morgan fingerprint density at radius 2 is 2.00 bits per heavy atom. The minimum Gasteiger partial charge on any atom is -0.382 e. The maximum Gasteiger partial charge on any atom is 0.137 e. The molecule has 0 saturated carbocycles. The molecule has 2 aromatic rings. The summed E-state index contributed by atoms with van der Waals surface area (Å²) in [6.45, 7) is 0.739. The Kier molecular flexibility index (Phi) is 4.11. The van der Waals surface area contributed by atoms with E-state index in [0.29, 0.717) is 6.04 Å². The molecule has 1 aliphatic rings. The minimum absolute atomic E-state index is 0.453. The van der Waals surface area contributed by atoms with Gasteiger partial charge in [0.15, 0.2) is 0 Å². The summed E-state index contributed by atoms with van der Waals surface area (Å²) in [5, 5.41) is 7.61. The highest BCUT2D eigenvalue weighted by Crippen LogP contribution is 2.17. The van der Waals surface area contributed by atoms with Crippen molar-refractivity contribution in [1.29, 1.82) is 0 Å². The molecule has 1 fully saturated rings. The van der Waals surface area contributed by atoms with Crippen LogP contribution in [-0.4, -0.2) is 36.5 Å². The number of anilines is 1. The molecule has 0 atom stereocenters. The summed E-state index contributed by atoms with van der Waals surface area (Å²) in [7, 11) is -0.597. The maximum atomic E-state index is 11.3. The highest BCUT2D eigenvalue weighted by Gasteiger charge is 2.17. The predicted molar refractivity (Wildman–Crippen MR) is 80.1 cm³/mol. The van der Waals surface area contributed by atoms with Crippen LogP contribution >= 0.6 is 0 Å². The van der Waals surface area contributed by atoms with Crippen molar-refractivity contribution >= 4 is 16.5 Å². The van der Waals surface area contributed by atoms with Crippen LogP contribution in [0.5, 0.6) is 0 Å². The summed E-state index contributed by atoms with van der Waals surface area (Å²) in [4.78, 5) is 3.93. The smallest absolute Gasteiger partial charge is 0.137 e. The van der Waals surface area contributed by atoms with Crippen LogP contribution in [0.2, 0.25) is 0 Å². The van der Waals surface area contributed by atoms with Crippen LogP contribution in [0.15, 0.2) is 36.9 Å². The lowest BCUT2D eigenvalue weighted by Gasteiger charge is -2.23. The van der Waals surface area contributed by atoms with Gasteiger partial charge in [-0.3, -0.25) is 4.21 Å². The topological polar surface area (TPSA) is 59.8 Å². The number of nitrogens with one attached hydrogen (secondary N) is 1. The van der Waals surface area contributed by atoms with Crippen molar-refractivity contribution in [2.24, 2.45) is 0 Å². The Labute approximate surface area is 120 Å². The fraction of sp³-hybridized carbons (Fsp3) is 0.429.